The number of nitrogens with one attached hydrogen (secondary N) is 1. The Hall–Kier alpha value is -2.02. The molecule has 86 valence electrons. The van der Waals surface area contributed by atoms with Gasteiger partial charge in [0.2, 0.25) is 0 Å². The monoisotopic (exact) mass is 223 g/mol. The molecule has 17 heavy (non-hydrogen) atoms. The molecule has 2 rings (SSSR count). The van der Waals surface area contributed by atoms with E-state index in [0.717, 1.165) is 11.4 Å². The number of hydrogen-bond acceptors (Lipinski definition) is 1. The lowest BCUT2D eigenvalue weighted by Crippen LogP contribution is -1.94. The number of anilines is 2. The van der Waals surface area contributed by atoms with Crippen molar-refractivity contribution >= 4 is 17.5 Å². The first kappa shape index (κ1) is 11.5. The summed E-state index contributed by atoms with van der Waals surface area (Å²) in [5, 5.41) is 3.44. The van der Waals surface area contributed by atoms with Gasteiger partial charge in [0.25, 0.3) is 0 Å². The lowest BCUT2D eigenvalue weighted by molar-refractivity contribution is 1.41. The lowest BCUT2D eigenvalue weighted by atomic mass is 10.1. The first-order valence-corrected chi connectivity index (χ1v) is 5.85. The molecule has 1 heteroatoms. The van der Waals surface area contributed by atoms with Crippen molar-refractivity contribution < 1.29 is 0 Å². The highest BCUT2D eigenvalue weighted by Crippen LogP contribution is 2.23. The first-order valence-electron chi connectivity index (χ1n) is 5.85. The van der Waals surface area contributed by atoms with Gasteiger partial charge in [0, 0.05) is 11.4 Å². The zero-order valence-electron chi connectivity index (χ0n) is 10.3. The van der Waals surface area contributed by atoms with Gasteiger partial charge in [-0.1, -0.05) is 42.5 Å². The molecule has 0 heterocycles. The van der Waals surface area contributed by atoms with Crippen LogP contribution in [0.4, 0.5) is 11.4 Å². The van der Waals surface area contributed by atoms with Crippen molar-refractivity contribution in [2.75, 3.05) is 5.32 Å². The highest BCUT2D eigenvalue weighted by Gasteiger charge is 2.01. The molecule has 0 saturated carbocycles. The maximum atomic E-state index is 3.44. The molecule has 0 radical (unpaired) electrons. The molecular weight excluding hydrogens is 206 g/mol. The Kier molecular flexibility index (Phi) is 3.61. The van der Waals surface area contributed by atoms with Crippen molar-refractivity contribution in [3.8, 4) is 0 Å². The molecule has 0 atom stereocenters. The topological polar surface area (TPSA) is 12.0 Å². The van der Waals surface area contributed by atoms with Gasteiger partial charge in [-0.05, 0) is 43.2 Å². The average Bonchev–Trinajstić information content (AvgIpc) is 2.36. The molecule has 0 aromatic heterocycles. The van der Waals surface area contributed by atoms with Gasteiger partial charge in [-0.3, -0.25) is 0 Å². The fraction of sp³-hybridized carbons (Fsp3) is 0.125. The predicted molar refractivity (Wildman–Crippen MR) is 75.6 cm³/mol. The molecule has 0 unspecified atom stereocenters. The van der Waals surface area contributed by atoms with Crippen LogP contribution in [0.1, 0.15) is 18.1 Å². The molecule has 0 aliphatic heterocycles. The van der Waals surface area contributed by atoms with Crippen LogP contribution >= 0.6 is 0 Å². The van der Waals surface area contributed by atoms with E-state index in [-0.39, 0.29) is 0 Å². The SMILES string of the molecule is CC=Cc1cccc(Nc2ccccc2)c1C. The second-order valence-electron chi connectivity index (χ2n) is 4.01. The fourth-order valence-electron chi connectivity index (χ4n) is 1.83. The third kappa shape index (κ3) is 2.76. The Labute approximate surface area is 103 Å². The Bertz CT molecular complexity index is 512. The van der Waals surface area contributed by atoms with Crippen LogP contribution in [0.15, 0.2) is 54.6 Å². The van der Waals surface area contributed by atoms with E-state index in [1.54, 1.807) is 0 Å². The van der Waals surface area contributed by atoms with E-state index in [1.165, 1.54) is 11.1 Å². The molecule has 2 aromatic rings. The van der Waals surface area contributed by atoms with E-state index < -0.39 is 0 Å². The van der Waals surface area contributed by atoms with Crippen LogP contribution in [0, 0.1) is 6.92 Å². The van der Waals surface area contributed by atoms with Crippen LogP contribution in [0.5, 0.6) is 0 Å². The number of allylic oxidation sites excluding steroid dienone is 1. The highest BCUT2D eigenvalue weighted by molar-refractivity contribution is 5.69. The van der Waals surface area contributed by atoms with E-state index in [0.29, 0.717) is 0 Å². The highest BCUT2D eigenvalue weighted by atomic mass is 14.9. The first-order chi connectivity index (χ1) is 8.31. The van der Waals surface area contributed by atoms with Crippen molar-refractivity contribution in [1.29, 1.82) is 0 Å². The minimum atomic E-state index is 1.12. The molecule has 0 aliphatic carbocycles. The molecule has 0 aliphatic rings. The minimum Gasteiger partial charge on any atom is -0.355 e. The zero-order chi connectivity index (χ0) is 12.1. The molecule has 0 saturated heterocycles. The second kappa shape index (κ2) is 5.35. The van der Waals surface area contributed by atoms with E-state index in [1.807, 2.05) is 25.1 Å². The number of rotatable bonds is 3. The van der Waals surface area contributed by atoms with Crippen LogP contribution in [0.25, 0.3) is 6.08 Å². The summed E-state index contributed by atoms with van der Waals surface area (Å²) in [5.74, 6) is 0. The van der Waals surface area contributed by atoms with E-state index in [2.05, 4.69) is 54.7 Å². The van der Waals surface area contributed by atoms with Gasteiger partial charge < -0.3 is 5.32 Å². The Balaban J connectivity index is 2.31. The number of hydrogen-bond donors (Lipinski definition) is 1. The number of para-hydroxylation sites is 1. The maximum absolute atomic E-state index is 3.44. The Morgan fingerprint density at radius 2 is 1.71 bits per heavy atom. The molecular formula is C16H17N. The molecule has 0 spiro atoms. The molecule has 0 amide bonds. The van der Waals surface area contributed by atoms with Gasteiger partial charge in [-0.25, -0.2) is 0 Å². The van der Waals surface area contributed by atoms with E-state index in [4.69, 9.17) is 0 Å². The summed E-state index contributed by atoms with van der Waals surface area (Å²) in [6.07, 6.45) is 4.19. The van der Waals surface area contributed by atoms with Crippen molar-refractivity contribution in [1.82, 2.24) is 0 Å². The summed E-state index contributed by atoms with van der Waals surface area (Å²) >= 11 is 0. The molecule has 1 nitrogen and oxygen atoms in total. The van der Waals surface area contributed by atoms with Crippen molar-refractivity contribution in [2.24, 2.45) is 0 Å². The third-order valence-corrected chi connectivity index (χ3v) is 2.77. The summed E-state index contributed by atoms with van der Waals surface area (Å²) in [7, 11) is 0. The summed E-state index contributed by atoms with van der Waals surface area (Å²) in [6.45, 7) is 4.18. The average molecular weight is 223 g/mol. The van der Waals surface area contributed by atoms with Gasteiger partial charge in [0.15, 0.2) is 0 Å². The summed E-state index contributed by atoms with van der Waals surface area (Å²) in [4.78, 5) is 0. The third-order valence-electron chi connectivity index (χ3n) is 2.77. The smallest absolute Gasteiger partial charge is 0.0419 e. The molecule has 2 aromatic carbocycles. The summed E-state index contributed by atoms with van der Waals surface area (Å²) < 4.78 is 0. The maximum Gasteiger partial charge on any atom is 0.0419 e. The van der Waals surface area contributed by atoms with Gasteiger partial charge >= 0.3 is 0 Å². The summed E-state index contributed by atoms with van der Waals surface area (Å²) in [5.41, 5.74) is 4.81. The van der Waals surface area contributed by atoms with Gasteiger partial charge in [0.05, 0.1) is 0 Å². The van der Waals surface area contributed by atoms with Gasteiger partial charge in [-0.15, -0.1) is 0 Å². The van der Waals surface area contributed by atoms with Gasteiger partial charge in [0.1, 0.15) is 0 Å². The quantitative estimate of drug-likeness (QED) is 0.790. The Morgan fingerprint density at radius 3 is 2.41 bits per heavy atom. The van der Waals surface area contributed by atoms with Gasteiger partial charge in [-0.2, -0.15) is 0 Å². The van der Waals surface area contributed by atoms with Crippen LogP contribution < -0.4 is 5.32 Å². The standard InChI is InChI=1S/C16H17N/c1-3-8-14-9-7-12-16(13(14)2)17-15-10-5-4-6-11-15/h3-12,17H,1-2H3. The molecule has 1 N–H and O–H groups in total. The van der Waals surface area contributed by atoms with Crippen LogP contribution in [-0.2, 0) is 0 Å². The molecule has 0 fully saturated rings. The normalized spacial score (nSPS) is 10.7. The van der Waals surface area contributed by atoms with Crippen molar-refractivity contribution in [2.45, 2.75) is 13.8 Å². The lowest BCUT2D eigenvalue weighted by Gasteiger charge is -2.11. The van der Waals surface area contributed by atoms with Crippen molar-refractivity contribution in [3.05, 3.63) is 65.7 Å². The predicted octanol–water partition coefficient (Wildman–Crippen LogP) is 4.77. The van der Waals surface area contributed by atoms with E-state index in [9.17, 15) is 0 Å². The summed E-state index contributed by atoms with van der Waals surface area (Å²) in [6, 6.07) is 16.5. The van der Waals surface area contributed by atoms with Crippen LogP contribution in [-0.4, -0.2) is 0 Å². The number of benzene rings is 2. The molecule has 0 bridgehead atoms. The second-order valence-corrected chi connectivity index (χ2v) is 4.01. The largest absolute Gasteiger partial charge is 0.355 e. The fourth-order valence-corrected chi connectivity index (χ4v) is 1.83. The Morgan fingerprint density at radius 1 is 0.941 bits per heavy atom. The van der Waals surface area contributed by atoms with Crippen LogP contribution in [0.2, 0.25) is 0 Å². The van der Waals surface area contributed by atoms with Crippen LogP contribution in [0.3, 0.4) is 0 Å². The minimum absolute atomic E-state index is 1.12. The van der Waals surface area contributed by atoms with Crippen molar-refractivity contribution in [3.63, 3.8) is 0 Å². The van der Waals surface area contributed by atoms with E-state index >= 15 is 0 Å². The zero-order valence-corrected chi connectivity index (χ0v) is 10.3.